The minimum Gasteiger partial charge on any atom is -0.355 e. The lowest BCUT2D eigenvalue weighted by atomic mass is 9.84. The number of hydrogen-bond donors (Lipinski definition) is 3. The molecule has 5 heteroatoms. The maximum Gasteiger partial charge on any atom is 0.251 e. The van der Waals surface area contributed by atoms with Crippen molar-refractivity contribution < 1.29 is 9.59 Å². The third-order valence-corrected chi connectivity index (χ3v) is 4.14. The van der Waals surface area contributed by atoms with Gasteiger partial charge in [-0.1, -0.05) is 18.9 Å². The first-order chi connectivity index (χ1) is 10.0. The monoisotopic (exact) mass is 289 g/mol. The van der Waals surface area contributed by atoms with Gasteiger partial charge in [-0.25, -0.2) is 0 Å². The highest BCUT2D eigenvalue weighted by Gasteiger charge is 2.28. The first-order valence-corrected chi connectivity index (χ1v) is 7.42. The van der Waals surface area contributed by atoms with E-state index in [4.69, 9.17) is 5.73 Å². The topological polar surface area (TPSA) is 84.2 Å². The number of carbonyl (C=O) groups is 2. The predicted molar refractivity (Wildman–Crippen MR) is 83.1 cm³/mol. The highest BCUT2D eigenvalue weighted by molar-refractivity contribution is 5.98. The van der Waals surface area contributed by atoms with Crippen molar-refractivity contribution in [2.45, 2.75) is 38.6 Å². The maximum atomic E-state index is 12.4. The van der Waals surface area contributed by atoms with Crippen molar-refractivity contribution in [3.05, 3.63) is 29.3 Å². The van der Waals surface area contributed by atoms with Crippen molar-refractivity contribution in [3.8, 4) is 0 Å². The minimum atomic E-state index is -0.167. The number of rotatable bonds is 3. The Morgan fingerprint density at radius 3 is 2.62 bits per heavy atom. The standard InChI is InChI=1S/C16H23N3O2/c1-10-7-8-11(15(20)18-2)9-14(10)19-16(21)12-5-3-4-6-13(12)17/h7-9,12-13H,3-6,17H2,1-2H3,(H,18,20)(H,19,21). The Bertz CT molecular complexity index is 542. The van der Waals surface area contributed by atoms with Crippen molar-refractivity contribution in [2.24, 2.45) is 11.7 Å². The molecular weight excluding hydrogens is 266 g/mol. The van der Waals surface area contributed by atoms with Crippen LogP contribution in [0.5, 0.6) is 0 Å². The van der Waals surface area contributed by atoms with Gasteiger partial charge in [0, 0.05) is 24.3 Å². The number of carbonyl (C=O) groups excluding carboxylic acids is 2. The van der Waals surface area contributed by atoms with Gasteiger partial charge in [0.2, 0.25) is 5.91 Å². The summed E-state index contributed by atoms with van der Waals surface area (Å²) in [5, 5.41) is 5.51. The normalized spacial score (nSPS) is 21.7. The van der Waals surface area contributed by atoms with E-state index in [-0.39, 0.29) is 23.8 Å². The van der Waals surface area contributed by atoms with Crippen LogP contribution in [0.3, 0.4) is 0 Å². The molecule has 1 aliphatic rings. The molecule has 1 saturated carbocycles. The van der Waals surface area contributed by atoms with Crippen LogP contribution in [-0.2, 0) is 4.79 Å². The van der Waals surface area contributed by atoms with Gasteiger partial charge in [0.25, 0.3) is 5.91 Å². The second kappa shape index (κ2) is 6.72. The van der Waals surface area contributed by atoms with Crippen molar-refractivity contribution in [2.75, 3.05) is 12.4 Å². The molecule has 1 aliphatic carbocycles. The zero-order chi connectivity index (χ0) is 15.4. The number of anilines is 1. The SMILES string of the molecule is CNC(=O)c1ccc(C)c(NC(=O)C2CCCCC2N)c1. The molecule has 2 amide bonds. The minimum absolute atomic E-state index is 0.0423. The molecule has 5 nitrogen and oxygen atoms in total. The smallest absolute Gasteiger partial charge is 0.251 e. The van der Waals surface area contributed by atoms with Crippen LogP contribution in [0, 0.1) is 12.8 Å². The van der Waals surface area contributed by atoms with E-state index in [0.717, 1.165) is 31.2 Å². The van der Waals surface area contributed by atoms with Gasteiger partial charge in [-0.15, -0.1) is 0 Å². The molecule has 2 unspecified atom stereocenters. The quantitative estimate of drug-likeness (QED) is 0.793. The number of nitrogens with two attached hydrogens (primary N) is 1. The van der Waals surface area contributed by atoms with Crippen LogP contribution in [0.4, 0.5) is 5.69 Å². The molecule has 21 heavy (non-hydrogen) atoms. The summed E-state index contributed by atoms with van der Waals surface area (Å²) >= 11 is 0. The Labute approximate surface area is 125 Å². The van der Waals surface area contributed by atoms with Gasteiger partial charge >= 0.3 is 0 Å². The van der Waals surface area contributed by atoms with Crippen LogP contribution in [0.1, 0.15) is 41.6 Å². The van der Waals surface area contributed by atoms with Gasteiger partial charge in [-0.3, -0.25) is 9.59 Å². The van der Waals surface area contributed by atoms with Crippen LogP contribution in [0.2, 0.25) is 0 Å². The molecule has 4 N–H and O–H groups in total. The van der Waals surface area contributed by atoms with Gasteiger partial charge in [0.05, 0.1) is 5.92 Å². The summed E-state index contributed by atoms with van der Waals surface area (Å²) in [7, 11) is 1.58. The zero-order valence-corrected chi connectivity index (χ0v) is 12.6. The molecular formula is C16H23N3O2. The lowest BCUT2D eigenvalue weighted by Crippen LogP contribution is -2.40. The molecule has 1 aromatic rings. The number of amides is 2. The molecule has 0 saturated heterocycles. The van der Waals surface area contributed by atoms with E-state index in [1.54, 1.807) is 19.2 Å². The molecule has 0 heterocycles. The second-order valence-corrected chi connectivity index (χ2v) is 5.65. The molecule has 0 aliphatic heterocycles. The lowest BCUT2D eigenvalue weighted by molar-refractivity contribution is -0.121. The molecule has 114 valence electrons. The number of hydrogen-bond acceptors (Lipinski definition) is 3. The van der Waals surface area contributed by atoms with Crippen LogP contribution in [0.15, 0.2) is 18.2 Å². The maximum absolute atomic E-state index is 12.4. The molecule has 2 atom stereocenters. The fourth-order valence-corrected chi connectivity index (χ4v) is 2.75. The van der Waals surface area contributed by atoms with E-state index >= 15 is 0 Å². The van der Waals surface area contributed by atoms with Crippen molar-refractivity contribution >= 4 is 17.5 Å². The summed E-state index contributed by atoms with van der Waals surface area (Å²) in [6, 6.07) is 5.22. The summed E-state index contributed by atoms with van der Waals surface area (Å²) in [5.41, 5.74) is 8.19. The van der Waals surface area contributed by atoms with Gasteiger partial charge < -0.3 is 16.4 Å². The van der Waals surface area contributed by atoms with E-state index in [1.807, 2.05) is 13.0 Å². The number of nitrogens with one attached hydrogen (secondary N) is 2. The molecule has 1 fully saturated rings. The van der Waals surface area contributed by atoms with E-state index in [9.17, 15) is 9.59 Å². The van der Waals surface area contributed by atoms with Crippen LogP contribution >= 0.6 is 0 Å². The summed E-state index contributed by atoms with van der Waals surface area (Å²) in [6.07, 6.45) is 3.87. The summed E-state index contributed by atoms with van der Waals surface area (Å²) < 4.78 is 0. The lowest BCUT2D eigenvalue weighted by Gasteiger charge is -2.27. The van der Waals surface area contributed by atoms with Crippen molar-refractivity contribution in [3.63, 3.8) is 0 Å². The fourth-order valence-electron chi connectivity index (χ4n) is 2.75. The van der Waals surface area contributed by atoms with E-state index in [2.05, 4.69) is 10.6 Å². The average Bonchev–Trinajstić information content (AvgIpc) is 2.49. The molecule has 2 rings (SSSR count). The average molecular weight is 289 g/mol. The van der Waals surface area contributed by atoms with Crippen molar-refractivity contribution in [1.82, 2.24) is 5.32 Å². The largest absolute Gasteiger partial charge is 0.355 e. The Kier molecular flexibility index (Phi) is 4.96. The number of benzene rings is 1. The van der Waals surface area contributed by atoms with E-state index < -0.39 is 0 Å². The van der Waals surface area contributed by atoms with Gasteiger partial charge in [-0.2, -0.15) is 0 Å². The third kappa shape index (κ3) is 3.61. The van der Waals surface area contributed by atoms with Crippen LogP contribution in [0.25, 0.3) is 0 Å². The molecule has 1 aromatic carbocycles. The molecule has 0 spiro atoms. The van der Waals surface area contributed by atoms with E-state index in [1.165, 1.54) is 0 Å². The fraction of sp³-hybridized carbons (Fsp3) is 0.500. The first kappa shape index (κ1) is 15.5. The van der Waals surface area contributed by atoms with Crippen LogP contribution in [-0.4, -0.2) is 24.9 Å². The molecule has 0 radical (unpaired) electrons. The van der Waals surface area contributed by atoms with Gasteiger partial charge in [-0.05, 0) is 37.5 Å². The Morgan fingerprint density at radius 1 is 1.24 bits per heavy atom. The number of aryl methyl sites for hydroxylation is 1. The Morgan fingerprint density at radius 2 is 1.95 bits per heavy atom. The van der Waals surface area contributed by atoms with Gasteiger partial charge in [0.1, 0.15) is 0 Å². The Balaban J connectivity index is 2.14. The first-order valence-electron chi connectivity index (χ1n) is 7.42. The summed E-state index contributed by atoms with van der Waals surface area (Å²) in [6.45, 7) is 1.91. The highest BCUT2D eigenvalue weighted by atomic mass is 16.2. The summed E-state index contributed by atoms with van der Waals surface area (Å²) in [5.74, 6) is -0.346. The second-order valence-electron chi connectivity index (χ2n) is 5.65. The molecule has 0 bridgehead atoms. The highest BCUT2D eigenvalue weighted by Crippen LogP contribution is 2.25. The van der Waals surface area contributed by atoms with E-state index in [0.29, 0.717) is 11.3 Å². The van der Waals surface area contributed by atoms with Gasteiger partial charge in [0.15, 0.2) is 0 Å². The van der Waals surface area contributed by atoms with Crippen LogP contribution < -0.4 is 16.4 Å². The third-order valence-electron chi connectivity index (χ3n) is 4.14. The zero-order valence-electron chi connectivity index (χ0n) is 12.6. The Hall–Kier alpha value is -1.88. The predicted octanol–water partition coefficient (Wildman–Crippen LogP) is 1.81. The van der Waals surface area contributed by atoms with Crippen molar-refractivity contribution in [1.29, 1.82) is 0 Å². The summed E-state index contributed by atoms with van der Waals surface area (Å²) in [4.78, 5) is 24.1. The molecule has 0 aromatic heterocycles.